The third kappa shape index (κ3) is 1.34. The van der Waals surface area contributed by atoms with Gasteiger partial charge in [0.25, 0.3) is 0 Å². The first kappa shape index (κ1) is 6.80. The number of hydrogen-bond donors (Lipinski definition) is 1. The molecule has 0 saturated heterocycles. The van der Waals surface area contributed by atoms with Crippen LogP contribution in [-0.4, -0.2) is 20.9 Å². The minimum absolute atomic E-state index is 0.0382. The highest BCUT2D eigenvalue weighted by Crippen LogP contribution is 1.96. The van der Waals surface area contributed by atoms with E-state index in [0.29, 0.717) is 5.69 Å². The molecule has 1 N–H and O–H groups in total. The van der Waals surface area contributed by atoms with Crippen LogP contribution in [0, 0.1) is 0 Å². The molecule has 1 heterocycles. The van der Waals surface area contributed by atoms with Crippen LogP contribution in [0.5, 0.6) is 0 Å². The number of aryl methyl sites for hydroxylation is 1. The molecule has 4 nitrogen and oxygen atoms in total. The van der Waals surface area contributed by atoms with Gasteiger partial charge in [-0.1, -0.05) is 0 Å². The van der Waals surface area contributed by atoms with Crippen LogP contribution < -0.4 is 0 Å². The lowest BCUT2D eigenvalue weighted by molar-refractivity contribution is -0.136. The van der Waals surface area contributed by atoms with Gasteiger partial charge in [-0.2, -0.15) is 5.10 Å². The van der Waals surface area contributed by atoms with Crippen LogP contribution in [0.2, 0.25) is 0 Å². The minimum Gasteiger partial charge on any atom is -0.481 e. The van der Waals surface area contributed by atoms with Gasteiger partial charge in [-0.25, -0.2) is 0 Å². The van der Waals surface area contributed by atoms with Crippen molar-refractivity contribution in [2.45, 2.75) is 6.42 Å². The predicted molar refractivity (Wildman–Crippen MR) is 34.5 cm³/mol. The van der Waals surface area contributed by atoms with Gasteiger partial charge >= 0.3 is 5.97 Å². The zero-order valence-electron chi connectivity index (χ0n) is 5.61. The fourth-order valence-corrected chi connectivity index (χ4v) is 0.730. The van der Waals surface area contributed by atoms with Gasteiger partial charge in [0, 0.05) is 18.9 Å². The molecule has 0 saturated carbocycles. The van der Waals surface area contributed by atoms with E-state index in [1.807, 2.05) is 0 Å². The number of aliphatic carboxylic acids is 1. The number of rotatable bonds is 2. The maximum absolute atomic E-state index is 10.2. The molecule has 1 rings (SSSR count). The van der Waals surface area contributed by atoms with E-state index in [2.05, 4.69) is 5.10 Å². The third-order valence-electron chi connectivity index (χ3n) is 1.25. The smallest absolute Gasteiger partial charge is 0.309 e. The van der Waals surface area contributed by atoms with E-state index in [1.54, 1.807) is 24.0 Å². The second kappa shape index (κ2) is 2.51. The Kier molecular flexibility index (Phi) is 1.71. The summed E-state index contributed by atoms with van der Waals surface area (Å²) in [6, 6.07) is 1.69. The van der Waals surface area contributed by atoms with Crippen molar-refractivity contribution in [2.24, 2.45) is 7.05 Å². The molecule has 0 unspecified atom stereocenters. The number of aromatic nitrogens is 2. The van der Waals surface area contributed by atoms with Crippen LogP contribution in [0.25, 0.3) is 0 Å². The maximum atomic E-state index is 10.2. The Morgan fingerprint density at radius 3 is 3.00 bits per heavy atom. The van der Waals surface area contributed by atoms with Crippen LogP contribution in [0.1, 0.15) is 5.69 Å². The number of carboxylic acid groups (broad SMARTS) is 1. The van der Waals surface area contributed by atoms with Crippen molar-refractivity contribution in [1.29, 1.82) is 0 Å². The van der Waals surface area contributed by atoms with Crippen LogP contribution in [-0.2, 0) is 18.3 Å². The highest BCUT2D eigenvalue weighted by atomic mass is 16.4. The molecule has 0 bridgehead atoms. The monoisotopic (exact) mass is 140 g/mol. The van der Waals surface area contributed by atoms with Crippen molar-refractivity contribution >= 4 is 5.97 Å². The van der Waals surface area contributed by atoms with Crippen LogP contribution in [0.4, 0.5) is 0 Å². The predicted octanol–water partition coefficient (Wildman–Crippen LogP) is 0.0472. The maximum Gasteiger partial charge on any atom is 0.309 e. The zero-order valence-corrected chi connectivity index (χ0v) is 5.61. The molecule has 4 heteroatoms. The number of carbonyl (C=O) groups is 1. The molecular formula is C6H8N2O2. The second-order valence-corrected chi connectivity index (χ2v) is 2.02. The number of carboxylic acids is 1. The Bertz CT molecular complexity index is 242. The molecule has 0 amide bonds. The summed E-state index contributed by atoms with van der Waals surface area (Å²) in [6.45, 7) is 0. The van der Waals surface area contributed by atoms with Crippen molar-refractivity contribution in [1.82, 2.24) is 9.78 Å². The zero-order chi connectivity index (χ0) is 7.56. The quantitative estimate of drug-likeness (QED) is 0.631. The SMILES string of the molecule is Cn1nccc1CC(=O)O. The molecule has 0 spiro atoms. The van der Waals surface area contributed by atoms with Gasteiger partial charge in [0.1, 0.15) is 0 Å². The molecule has 0 aliphatic rings. The van der Waals surface area contributed by atoms with E-state index >= 15 is 0 Å². The van der Waals surface area contributed by atoms with Crippen molar-refractivity contribution in [3.05, 3.63) is 18.0 Å². The number of nitrogens with zero attached hydrogens (tertiary/aromatic N) is 2. The standard InChI is InChI=1S/C6H8N2O2/c1-8-5(2-3-7-8)4-6(9)10/h2-3H,4H2,1H3,(H,9,10). The Morgan fingerprint density at radius 2 is 2.60 bits per heavy atom. The van der Waals surface area contributed by atoms with Gasteiger partial charge in [0.05, 0.1) is 6.42 Å². The molecule has 0 fully saturated rings. The van der Waals surface area contributed by atoms with E-state index in [4.69, 9.17) is 5.11 Å². The molecule has 54 valence electrons. The molecule has 0 aromatic carbocycles. The van der Waals surface area contributed by atoms with Crippen molar-refractivity contribution in [2.75, 3.05) is 0 Å². The Labute approximate surface area is 58.1 Å². The lowest BCUT2D eigenvalue weighted by Gasteiger charge is -1.94. The van der Waals surface area contributed by atoms with Crippen LogP contribution >= 0.6 is 0 Å². The fourth-order valence-electron chi connectivity index (χ4n) is 0.730. The Morgan fingerprint density at radius 1 is 1.90 bits per heavy atom. The lowest BCUT2D eigenvalue weighted by Crippen LogP contribution is -2.05. The molecule has 10 heavy (non-hydrogen) atoms. The topological polar surface area (TPSA) is 55.1 Å². The molecular weight excluding hydrogens is 132 g/mol. The van der Waals surface area contributed by atoms with Crippen LogP contribution in [0.3, 0.4) is 0 Å². The highest BCUT2D eigenvalue weighted by molar-refractivity contribution is 5.69. The average molecular weight is 140 g/mol. The minimum atomic E-state index is -0.830. The first-order chi connectivity index (χ1) is 4.70. The normalized spacial score (nSPS) is 9.70. The fraction of sp³-hybridized carbons (Fsp3) is 0.333. The first-order valence-electron chi connectivity index (χ1n) is 2.89. The summed E-state index contributed by atoms with van der Waals surface area (Å²) < 4.78 is 1.55. The molecule has 0 atom stereocenters. The van der Waals surface area contributed by atoms with E-state index in [9.17, 15) is 4.79 Å². The van der Waals surface area contributed by atoms with Crippen molar-refractivity contribution in [3.63, 3.8) is 0 Å². The van der Waals surface area contributed by atoms with E-state index < -0.39 is 5.97 Å². The van der Waals surface area contributed by atoms with Crippen LogP contribution in [0.15, 0.2) is 12.3 Å². The van der Waals surface area contributed by atoms with E-state index in [1.165, 1.54) is 0 Å². The second-order valence-electron chi connectivity index (χ2n) is 2.02. The summed E-state index contributed by atoms with van der Waals surface area (Å²) in [5, 5.41) is 12.2. The Hall–Kier alpha value is -1.32. The van der Waals surface area contributed by atoms with Crippen molar-refractivity contribution in [3.8, 4) is 0 Å². The summed E-state index contributed by atoms with van der Waals surface area (Å²) in [7, 11) is 1.72. The molecule has 0 aliphatic heterocycles. The highest BCUT2D eigenvalue weighted by Gasteiger charge is 2.02. The summed E-state index contributed by atoms with van der Waals surface area (Å²) in [6.07, 6.45) is 1.62. The molecule has 0 radical (unpaired) electrons. The lowest BCUT2D eigenvalue weighted by atomic mass is 10.3. The molecule has 1 aromatic heterocycles. The van der Waals surface area contributed by atoms with Gasteiger partial charge in [-0.05, 0) is 6.07 Å². The van der Waals surface area contributed by atoms with Gasteiger partial charge in [-0.15, -0.1) is 0 Å². The molecule has 1 aromatic rings. The number of hydrogen-bond acceptors (Lipinski definition) is 2. The summed E-state index contributed by atoms with van der Waals surface area (Å²) in [4.78, 5) is 10.2. The van der Waals surface area contributed by atoms with Gasteiger partial charge in [0.15, 0.2) is 0 Å². The van der Waals surface area contributed by atoms with Gasteiger partial charge in [-0.3, -0.25) is 9.48 Å². The summed E-state index contributed by atoms with van der Waals surface area (Å²) in [5.74, 6) is -0.830. The van der Waals surface area contributed by atoms with Crippen molar-refractivity contribution < 1.29 is 9.90 Å². The average Bonchev–Trinajstić information content (AvgIpc) is 2.15. The molecule has 0 aliphatic carbocycles. The summed E-state index contributed by atoms with van der Waals surface area (Å²) >= 11 is 0. The third-order valence-corrected chi connectivity index (χ3v) is 1.25. The summed E-state index contributed by atoms with van der Waals surface area (Å²) in [5.41, 5.74) is 0.715. The first-order valence-corrected chi connectivity index (χ1v) is 2.89. The van der Waals surface area contributed by atoms with E-state index in [0.717, 1.165) is 0 Å². The Balaban J connectivity index is 2.74. The van der Waals surface area contributed by atoms with Gasteiger partial charge < -0.3 is 5.11 Å². The largest absolute Gasteiger partial charge is 0.481 e. The van der Waals surface area contributed by atoms with E-state index in [-0.39, 0.29) is 6.42 Å². The van der Waals surface area contributed by atoms with Gasteiger partial charge in [0.2, 0.25) is 0 Å².